The van der Waals surface area contributed by atoms with Gasteiger partial charge in [0.25, 0.3) is 0 Å². The molecule has 2 aromatic carbocycles. The molecule has 0 saturated carbocycles. The fourth-order valence-electron chi connectivity index (χ4n) is 5.34. The smallest absolute Gasteiger partial charge is 0.116 e. The van der Waals surface area contributed by atoms with E-state index in [4.69, 9.17) is 0 Å². The molecule has 34 heavy (non-hydrogen) atoms. The Morgan fingerprint density at radius 3 is 2.26 bits per heavy atom. The normalized spacial score (nSPS) is 20.0. The van der Waals surface area contributed by atoms with Crippen molar-refractivity contribution >= 4 is 19.9 Å². The number of fused-ring (bicyclic) bond motifs is 1. The second-order valence-electron chi connectivity index (χ2n) is 10.7. The van der Waals surface area contributed by atoms with Gasteiger partial charge in [0.15, 0.2) is 0 Å². The Balaban J connectivity index is 0.000000199. The first kappa shape index (κ1) is 27.3. The number of hydrogen-bond acceptors (Lipinski definition) is 1. The van der Waals surface area contributed by atoms with E-state index in [1.165, 1.54) is 44.8 Å². The molecule has 2 heterocycles. The molecular formula is C29H30Cl2NSiZr. The molecule has 5 heteroatoms. The van der Waals surface area contributed by atoms with Gasteiger partial charge >= 0.3 is 137 Å². The first-order chi connectivity index (χ1) is 15.1. The van der Waals surface area contributed by atoms with E-state index in [1.807, 2.05) is 0 Å². The number of rotatable bonds is 1. The standard InChI is InChI=1S/C19H19.C10H11NSi.2ClH.Zr/c1-19(2,3)16-12-10-15(11-13-16)18-9-5-7-14-6-4-8-17(14)18;1-6-10-9-7(11-6)4-5-8(9)12(10,2)3;;;/h4-13H,1-3H3;4-5H,1-3H3;2*1H;/q;;;;+2/p-2. The third-order valence-corrected chi connectivity index (χ3v) is 12.0. The minimum atomic E-state index is -1.17. The summed E-state index contributed by atoms with van der Waals surface area (Å²) in [7, 11) is -1.17. The van der Waals surface area contributed by atoms with E-state index < -0.39 is 8.07 Å². The molecule has 0 fully saturated rings. The Kier molecular flexibility index (Phi) is 7.77. The molecule has 4 aliphatic rings. The van der Waals surface area contributed by atoms with E-state index in [-0.39, 0.29) is 30.2 Å². The third-order valence-electron chi connectivity index (χ3n) is 7.12. The molecule has 2 aliphatic heterocycles. The Bertz CT molecular complexity index is 1290. The van der Waals surface area contributed by atoms with Crippen LogP contribution in [-0.2, 0) is 30.1 Å². The van der Waals surface area contributed by atoms with Crippen LogP contribution in [0.3, 0.4) is 0 Å². The van der Waals surface area contributed by atoms with E-state index in [1.54, 1.807) is 35.1 Å². The van der Waals surface area contributed by atoms with E-state index >= 15 is 0 Å². The van der Waals surface area contributed by atoms with Gasteiger partial charge in [0.05, 0.1) is 5.70 Å². The molecule has 0 bridgehead atoms. The van der Waals surface area contributed by atoms with Crippen LogP contribution in [0.4, 0.5) is 0 Å². The number of benzene rings is 2. The Morgan fingerprint density at radius 2 is 1.62 bits per heavy atom. The van der Waals surface area contributed by atoms with Crippen molar-refractivity contribution in [2.45, 2.75) is 49.8 Å². The molecule has 1 nitrogen and oxygen atoms in total. The molecule has 0 saturated heterocycles. The number of hydrogen-bond donors (Lipinski definition) is 0. The first-order valence-corrected chi connectivity index (χ1v) is 15.9. The van der Waals surface area contributed by atoms with Gasteiger partial charge in [-0.1, -0.05) is 19.2 Å². The maximum absolute atomic E-state index is 4.56. The summed E-state index contributed by atoms with van der Waals surface area (Å²) in [6, 6.07) is 15.8. The monoisotopic (exact) mass is 580 g/mol. The average molecular weight is 583 g/mol. The molecule has 0 N–H and O–H groups in total. The van der Waals surface area contributed by atoms with E-state index in [0.717, 1.165) is 0 Å². The molecular weight excluding hydrogens is 553 g/mol. The quantitative estimate of drug-likeness (QED) is 0.454. The summed E-state index contributed by atoms with van der Waals surface area (Å²) in [5, 5.41) is 3.23. The van der Waals surface area contributed by atoms with Gasteiger partial charge in [0.1, 0.15) is 8.07 Å². The second kappa shape index (κ2) is 9.66. The molecule has 0 radical (unpaired) electrons. The number of nitrogens with zero attached hydrogens (tertiary/aromatic N) is 1. The van der Waals surface area contributed by atoms with Gasteiger partial charge < -0.3 is 24.8 Å². The molecule has 6 rings (SSSR count). The summed E-state index contributed by atoms with van der Waals surface area (Å²) >= 11 is 1.57. The van der Waals surface area contributed by atoms with Gasteiger partial charge in [-0.3, -0.25) is 4.99 Å². The maximum atomic E-state index is 4.56. The average Bonchev–Trinajstić information content (AvgIpc) is 3.38. The Hall–Kier alpha value is -1.25. The molecule has 0 spiro atoms. The molecule has 1 atom stereocenters. The predicted molar refractivity (Wildman–Crippen MR) is 136 cm³/mol. The molecule has 1 unspecified atom stereocenters. The zero-order valence-corrected chi connectivity index (χ0v) is 25.6. The number of aliphatic imine (C=N–C) groups is 1. The van der Waals surface area contributed by atoms with E-state index in [0.29, 0.717) is 3.63 Å². The Morgan fingerprint density at radius 1 is 0.941 bits per heavy atom. The summed E-state index contributed by atoms with van der Waals surface area (Å²) in [6.07, 6.45) is 9.07. The molecule has 173 valence electrons. The number of halogens is 2. The van der Waals surface area contributed by atoms with Crippen molar-refractivity contribution in [3.8, 4) is 11.1 Å². The van der Waals surface area contributed by atoms with Gasteiger partial charge in [-0.15, -0.1) is 0 Å². The van der Waals surface area contributed by atoms with Crippen molar-refractivity contribution in [1.82, 2.24) is 0 Å². The Labute approximate surface area is 232 Å². The minimum absolute atomic E-state index is 0. The van der Waals surface area contributed by atoms with Crippen molar-refractivity contribution in [3.05, 3.63) is 99.0 Å². The van der Waals surface area contributed by atoms with Crippen molar-refractivity contribution in [3.63, 3.8) is 0 Å². The molecule has 0 aromatic heterocycles. The SMILES string of the molecule is CC(C)(C)c1ccc(-c2cccc3c2C=C[CH]3[Zr+2])cc1.CC1=NC2=CC=C3C2=C1[Si]3(C)C.[Cl-].[Cl-]. The summed E-state index contributed by atoms with van der Waals surface area (Å²) in [4.78, 5) is 4.56. The van der Waals surface area contributed by atoms with Crippen LogP contribution in [-0.4, -0.2) is 13.8 Å². The van der Waals surface area contributed by atoms with Gasteiger partial charge in [0.2, 0.25) is 0 Å². The molecule has 2 aromatic rings. The summed E-state index contributed by atoms with van der Waals surface area (Å²) in [5.41, 5.74) is 11.2. The van der Waals surface area contributed by atoms with Crippen LogP contribution in [0.2, 0.25) is 13.1 Å². The fourth-order valence-corrected chi connectivity index (χ4v) is 9.50. The van der Waals surface area contributed by atoms with Crippen molar-refractivity contribution in [1.29, 1.82) is 0 Å². The van der Waals surface area contributed by atoms with Gasteiger partial charge in [-0.25, -0.2) is 0 Å². The predicted octanol–water partition coefficient (Wildman–Crippen LogP) is 1.66. The molecule has 0 amide bonds. The van der Waals surface area contributed by atoms with Gasteiger partial charge in [0, 0.05) is 11.3 Å². The van der Waals surface area contributed by atoms with Crippen LogP contribution in [0.5, 0.6) is 0 Å². The van der Waals surface area contributed by atoms with Crippen LogP contribution in [0.1, 0.15) is 48.0 Å². The largest absolute Gasteiger partial charge is 1.00 e. The zero-order chi connectivity index (χ0) is 22.8. The van der Waals surface area contributed by atoms with Crippen LogP contribution < -0.4 is 24.8 Å². The van der Waals surface area contributed by atoms with E-state index in [9.17, 15) is 0 Å². The van der Waals surface area contributed by atoms with Gasteiger partial charge in [-0.05, 0) is 23.4 Å². The number of allylic oxidation sites excluding steroid dienone is 5. The van der Waals surface area contributed by atoms with Crippen LogP contribution in [0.25, 0.3) is 17.2 Å². The van der Waals surface area contributed by atoms with Crippen LogP contribution in [0.15, 0.2) is 87.3 Å². The van der Waals surface area contributed by atoms with Gasteiger partial charge in [-0.2, -0.15) is 0 Å². The molecule has 2 aliphatic carbocycles. The minimum Gasteiger partial charge on any atom is -1.00 e. The maximum Gasteiger partial charge on any atom is 0.116 e. The summed E-state index contributed by atoms with van der Waals surface area (Å²) in [6.45, 7) is 13.8. The van der Waals surface area contributed by atoms with Crippen molar-refractivity contribution in [2.24, 2.45) is 4.99 Å². The second-order valence-corrected chi connectivity index (χ2v) is 16.5. The summed E-state index contributed by atoms with van der Waals surface area (Å²) in [5.74, 6) is 0. The van der Waals surface area contributed by atoms with Crippen LogP contribution >= 0.6 is 0 Å². The third kappa shape index (κ3) is 4.39. The fraction of sp³-hybridized carbons (Fsp3) is 0.276. The van der Waals surface area contributed by atoms with Crippen molar-refractivity contribution < 1.29 is 49.5 Å². The van der Waals surface area contributed by atoms with Crippen LogP contribution in [0, 0.1) is 0 Å². The topological polar surface area (TPSA) is 12.4 Å². The zero-order valence-electron chi connectivity index (χ0n) is 20.6. The summed E-state index contributed by atoms with van der Waals surface area (Å²) < 4.78 is 0.631. The van der Waals surface area contributed by atoms with Crippen molar-refractivity contribution in [2.75, 3.05) is 0 Å². The van der Waals surface area contributed by atoms with E-state index in [2.05, 4.69) is 113 Å². The first-order valence-electron chi connectivity index (χ1n) is 11.5.